The average molecular weight is 420 g/mol. The molecule has 0 saturated carbocycles. The lowest BCUT2D eigenvalue weighted by atomic mass is 10.1. The second-order valence-corrected chi connectivity index (χ2v) is 7.40. The summed E-state index contributed by atoms with van der Waals surface area (Å²) in [7, 11) is 0. The minimum atomic E-state index is -0.249. The lowest BCUT2D eigenvalue weighted by Gasteiger charge is -2.26. The van der Waals surface area contributed by atoms with Gasteiger partial charge in [-0.1, -0.05) is 6.07 Å². The van der Waals surface area contributed by atoms with E-state index >= 15 is 0 Å². The molecule has 0 bridgehead atoms. The number of hydrogen-bond acceptors (Lipinski definition) is 6. The van der Waals surface area contributed by atoms with Crippen molar-refractivity contribution in [2.24, 2.45) is 0 Å². The molecule has 0 unspecified atom stereocenters. The third-order valence-electron chi connectivity index (χ3n) is 5.16. The molecule has 0 atom stereocenters. The van der Waals surface area contributed by atoms with Crippen LogP contribution in [0.3, 0.4) is 0 Å². The lowest BCUT2D eigenvalue weighted by molar-refractivity contribution is -0.134. The molecule has 1 fully saturated rings. The first-order chi connectivity index (χ1) is 15.1. The number of ether oxygens (including phenoxy) is 1. The SMILES string of the molecule is Cc1nnnn1-c1cccc(NC(=O)c2ccc(OCC(=O)N3CCCCC3)cc2)c1. The summed E-state index contributed by atoms with van der Waals surface area (Å²) in [6.45, 7) is 3.41. The van der Waals surface area contributed by atoms with Gasteiger partial charge >= 0.3 is 0 Å². The second-order valence-electron chi connectivity index (χ2n) is 7.40. The number of carbonyl (C=O) groups excluding carboxylic acids is 2. The van der Waals surface area contributed by atoms with Crippen molar-refractivity contribution in [2.45, 2.75) is 26.2 Å². The molecule has 0 spiro atoms. The minimum absolute atomic E-state index is 0.000722. The van der Waals surface area contributed by atoms with Crippen LogP contribution in [-0.4, -0.2) is 56.6 Å². The molecule has 1 saturated heterocycles. The van der Waals surface area contributed by atoms with E-state index < -0.39 is 0 Å². The largest absolute Gasteiger partial charge is 0.484 e. The molecular weight excluding hydrogens is 396 g/mol. The Morgan fingerprint density at radius 1 is 1.06 bits per heavy atom. The highest BCUT2D eigenvalue weighted by Crippen LogP contribution is 2.18. The highest BCUT2D eigenvalue weighted by Gasteiger charge is 2.17. The molecule has 0 radical (unpaired) electrons. The number of rotatable bonds is 6. The Labute approximate surface area is 180 Å². The van der Waals surface area contributed by atoms with Crippen LogP contribution in [0.4, 0.5) is 5.69 Å². The quantitative estimate of drug-likeness (QED) is 0.658. The van der Waals surface area contributed by atoms with Crippen LogP contribution in [-0.2, 0) is 4.79 Å². The van der Waals surface area contributed by atoms with Crippen molar-refractivity contribution in [3.8, 4) is 11.4 Å². The molecule has 1 aliphatic rings. The highest BCUT2D eigenvalue weighted by atomic mass is 16.5. The molecule has 2 aromatic carbocycles. The van der Waals surface area contributed by atoms with Gasteiger partial charge in [0.25, 0.3) is 11.8 Å². The van der Waals surface area contributed by atoms with Gasteiger partial charge in [-0.15, -0.1) is 5.10 Å². The maximum absolute atomic E-state index is 12.6. The van der Waals surface area contributed by atoms with E-state index in [2.05, 4.69) is 20.8 Å². The molecule has 160 valence electrons. The van der Waals surface area contributed by atoms with Crippen LogP contribution in [0.5, 0.6) is 5.75 Å². The number of carbonyl (C=O) groups is 2. The molecule has 0 aliphatic carbocycles. The fourth-order valence-electron chi connectivity index (χ4n) is 3.47. The van der Waals surface area contributed by atoms with Crippen molar-refractivity contribution in [2.75, 3.05) is 25.0 Å². The maximum atomic E-state index is 12.6. The van der Waals surface area contributed by atoms with Crippen molar-refractivity contribution >= 4 is 17.5 Å². The van der Waals surface area contributed by atoms with Gasteiger partial charge in [0.1, 0.15) is 5.75 Å². The summed E-state index contributed by atoms with van der Waals surface area (Å²) in [5.74, 6) is 0.955. The molecule has 1 aliphatic heterocycles. The van der Waals surface area contributed by atoms with Crippen molar-refractivity contribution < 1.29 is 14.3 Å². The van der Waals surface area contributed by atoms with E-state index in [9.17, 15) is 9.59 Å². The highest BCUT2D eigenvalue weighted by molar-refractivity contribution is 6.04. The summed E-state index contributed by atoms with van der Waals surface area (Å²) < 4.78 is 7.19. The summed E-state index contributed by atoms with van der Waals surface area (Å²) in [5.41, 5.74) is 1.87. The number of likely N-dealkylation sites (tertiary alicyclic amines) is 1. The molecule has 2 heterocycles. The number of piperidine rings is 1. The Morgan fingerprint density at radius 3 is 2.55 bits per heavy atom. The van der Waals surface area contributed by atoms with Gasteiger partial charge in [0.15, 0.2) is 12.4 Å². The Hall–Kier alpha value is -3.75. The predicted molar refractivity (Wildman–Crippen MR) is 114 cm³/mol. The van der Waals surface area contributed by atoms with Crippen molar-refractivity contribution in [1.29, 1.82) is 0 Å². The van der Waals surface area contributed by atoms with Gasteiger partial charge in [0.2, 0.25) is 0 Å². The molecule has 9 nitrogen and oxygen atoms in total. The number of amides is 2. The van der Waals surface area contributed by atoms with Gasteiger partial charge in [0, 0.05) is 24.3 Å². The third-order valence-corrected chi connectivity index (χ3v) is 5.16. The summed E-state index contributed by atoms with van der Waals surface area (Å²) >= 11 is 0. The average Bonchev–Trinajstić information content (AvgIpc) is 3.24. The number of aryl methyl sites for hydroxylation is 1. The van der Waals surface area contributed by atoms with Gasteiger partial charge < -0.3 is 15.0 Å². The topological polar surface area (TPSA) is 102 Å². The fourth-order valence-corrected chi connectivity index (χ4v) is 3.47. The van der Waals surface area contributed by atoms with E-state index in [4.69, 9.17) is 4.74 Å². The van der Waals surface area contributed by atoms with Gasteiger partial charge in [0.05, 0.1) is 5.69 Å². The first-order valence-corrected chi connectivity index (χ1v) is 10.3. The van der Waals surface area contributed by atoms with E-state index in [1.807, 2.05) is 17.0 Å². The molecule has 31 heavy (non-hydrogen) atoms. The molecule has 4 rings (SSSR count). The molecule has 2 amide bonds. The van der Waals surface area contributed by atoms with Gasteiger partial charge in [-0.25, -0.2) is 0 Å². The Morgan fingerprint density at radius 2 is 1.84 bits per heavy atom. The number of nitrogens with one attached hydrogen (secondary N) is 1. The summed E-state index contributed by atoms with van der Waals surface area (Å²) in [6, 6.07) is 14.0. The standard InChI is InChI=1S/C22H24N6O3/c1-16-24-25-26-28(16)19-7-5-6-18(14-19)23-22(30)17-8-10-20(11-9-17)31-15-21(29)27-12-3-2-4-13-27/h5-11,14H,2-4,12-13,15H2,1H3,(H,23,30). The van der Waals surface area contributed by atoms with Gasteiger partial charge in [-0.05, 0) is 79.1 Å². The van der Waals surface area contributed by atoms with E-state index in [1.54, 1.807) is 48.0 Å². The van der Waals surface area contributed by atoms with Crippen LogP contribution >= 0.6 is 0 Å². The third kappa shape index (κ3) is 5.06. The predicted octanol–water partition coefficient (Wildman–Crippen LogP) is 2.61. The van der Waals surface area contributed by atoms with Crippen LogP contribution in [0.15, 0.2) is 48.5 Å². The molecule has 9 heteroatoms. The first-order valence-electron chi connectivity index (χ1n) is 10.3. The molecule has 3 aromatic rings. The van der Waals surface area contributed by atoms with E-state index in [-0.39, 0.29) is 18.4 Å². The Kier molecular flexibility index (Phi) is 6.21. The number of benzene rings is 2. The second kappa shape index (κ2) is 9.38. The number of nitrogens with zero attached hydrogens (tertiary/aromatic N) is 5. The number of hydrogen-bond donors (Lipinski definition) is 1. The summed E-state index contributed by atoms with van der Waals surface area (Å²) in [4.78, 5) is 26.7. The molecule has 1 N–H and O–H groups in total. The summed E-state index contributed by atoms with van der Waals surface area (Å²) in [6.07, 6.45) is 3.28. The van der Waals surface area contributed by atoms with E-state index in [0.29, 0.717) is 22.8 Å². The van der Waals surface area contributed by atoms with E-state index in [1.165, 1.54) is 6.42 Å². The smallest absolute Gasteiger partial charge is 0.260 e. The van der Waals surface area contributed by atoms with Crippen LogP contribution < -0.4 is 10.1 Å². The van der Waals surface area contributed by atoms with Gasteiger partial charge in [-0.3, -0.25) is 9.59 Å². The van der Waals surface area contributed by atoms with Crippen molar-refractivity contribution in [3.63, 3.8) is 0 Å². The van der Waals surface area contributed by atoms with E-state index in [0.717, 1.165) is 31.6 Å². The zero-order valence-electron chi connectivity index (χ0n) is 17.3. The normalized spacial score (nSPS) is 13.6. The van der Waals surface area contributed by atoms with Crippen molar-refractivity contribution in [3.05, 3.63) is 59.9 Å². The fraction of sp³-hybridized carbons (Fsp3) is 0.318. The van der Waals surface area contributed by atoms with Crippen LogP contribution in [0.25, 0.3) is 5.69 Å². The van der Waals surface area contributed by atoms with Crippen LogP contribution in [0.1, 0.15) is 35.4 Å². The van der Waals surface area contributed by atoms with Crippen LogP contribution in [0, 0.1) is 6.92 Å². The summed E-state index contributed by atoms with van der Waals surface area (Å²) in [5, 5.41) is 14.3. The Bertz CT molecular complexity index is 1060. The minimum Gasteiger partial charge on any atom is -0.484 e. The number of aromatic nitrogens is 4. The number of anilines is 1. The molecule has 1 aromatic heterocycles. The zero-order chi connectivity index (χ0) is 21.6. The maximum Gasteiger partial charge on any atom is 0.260 e. The number of tetrazole rings is 1. The monoisotopic (exact) mass is 420 g/mol. The van der Waals surface area contributed by atoms with Crippen molar-refractivity contribution in [1.82, 2.24) is 25.1 Å². The lowest BCUT2D eigenvalue weighted by Crippen LogP contribution is -2.38. The van der Waals surface area contributed by atoms with Gasteiger partial charge in [-0.2, -0.15) is 4.68 Å². The van der Waals surface area contributed by atoms with Crippen LogP contribution in [0.2, 0.25) is 0 Å². The Balaban J connectivity index is 1.34. The zero-order valence-corrected chi connectivity index (χ0v) is 17.3. The molecular formula is C22H24N6O3. The first kappa shape index (κ1) is 20.5.